The summed E-state index contributed by atoms with van der Waals surface area (Å²) in [5, 5.41) is 0. The fraction of sp³-hybridized carbons (Fsp3) is 0.889. The van der Waals surface area contributed by atoms with Crippen molar-refractivity contribution >= 4 is 5.78 Å². The maximum atomic E-state index is 11.6. The van der Waals surface area contributed by atoms with Crippen molar-refractivity contribution in [1.29, 1.82) is 0 Å². The van der Waals surface area contributed by atoms with Gasteiger partial charge >= 0.3 is 0 Å². The van der Waals surface area contributed by atoms with Crippen LogP contribution in [0.2, 0.25) is 0 Å². The number of carbonyl (C=O) groups excluding carboxylic acids is 1. The molecule has 12 heavy (non-hydrogen) atoms. The number of rotatable bonds is 0. The molecule has 1 saturated heterocycles. The van der Waals surface area contributed by atoms with Crippen molar-refractivity contribution in [2.75, 3.05) is 0 Å². The van der Waals surface area contributed by atoms with Crippen LogP contribution in [0, 0.1) is 11.3 Å². The lowest BCUT2D eigenvalue weighted by Crippen LogP contribution is -2.42. The molecule has 2 fully saturated rings. The van der Waals surface area contributed by atoms with Crippen LogP contribution in [0.3, 0.4) is 0 Å². The molecule has 0 radical (unpaired) electrons. The highest BCUT2D eigenvalue weighted by molar-refractivity contribution is 5.88. The molecule has 1 heterocycles. The molecule has 1 saturated carbocycles. The predicted octanol–water partition coefficient (Wildman–Crippen LogP) is 1.67. The van der Waals surface area contributed by atoms with Gasteiger partial charge in [0.1, 0.15) is 0 Å². The Bertz CT molecular complexity index is 228. The van der Waals surface area contributed by atoms with Gasteiger partial charge in [-0.1, -0.05) is 20.8 Å². The van der Waals surface area contributed by atoms with E-state index in [2.05, 4.69) is 13.8 Å². The van der Waals surface area contributed by atoms with Gasteiger partial charge in [-0.15, -0.1) is 0 Å². The Morgan fingerprint density at radius 3 is 2.42 bits per heavy atom. The van der Waals surface area contributed by atoms with E-state index >= 15 is 0 Å². The van der Waals surface area contributed by atoms with Crippen molar-refractivity contribution in [2.24, 2.45) is 11.3 Å². The van der Waals surface area contributed by atoms with Crippen LogP contribution in [0.15, 0.2) is 0 Å². The summed E-state index contributed by atoms with van der Waals surface area (Å²) in [6.07, 6.45) is 1.55. The summed E-state index contributed by atoms with van der Waals surface area (Å²) >= 11 is 0. The Labute approximate surface area is 72.0 Å². The summed E-state index contributed by atoms with van der Waals surface area (Å²) in [6, 6.07) is 0. The first kappa shape index (κ1) is 8.20. The molecule has 0 amide bonds. The first-order valence-corrected chi connectivity index (χ1v) is 4.36. The van der Waals surface area contributed by atoms with Gasteiger partial charge in [-0.2, -0.15) is 9.78 Å². The van der Waals surface area contributed by atoms with Crippen molar-refractivity contribution < 1.29 is 14.6 Å². The Morgan fingerprint density at radius 2 is 2.00 bits per heavy atom. The van der Waals surface area contributed by atoms with Gasteiger partial charge in [0.15, 0.2) is 5.78 Å². The molecule has 2 aliphatic rings. The van der Waals surface area contributed by atoms with Crippen molar-refractivity contribution in [3.8, 4) is 0 Å². The average Bonchev–Trinajstić information content (AvgIpc) is 2.59. The minimum absolute atomic E-state index is 0.103. The van der Waals surface area contributed by atoms with Gasteiger partial charge in [0.2, 0.25) is 0 Å². The highest BCUT2D eigenvalue weighted by Crippen LogP contribution is 2.50. The van der Waals surface area contributed by atoms with Crippen LogP contribution in [0.25, 0.3) is 0 Å². The van der Waals surface area contributed by atoms with Gasteiger partial charge in [-0.05, 0) is 11.8 Å². The molecule has 1 aliphatic carbocycles. The number of Topliss-reactive ketones (excluding diaryl/α,β-unsaturated/α-hetero) is 1. The second kappa shape index (κ2) is 2.09. The van der Waals surface area contributed by atoms with Crippen LogP contribution in [0.4, 0.5) is 0 Å². The zero-order valence-electron chi connectivity index (χ0n) is 7.72. The van der Waals surface area contributed by atoms with Crippen molar-refractivity contribution in [3.05, 3.63) is 0 Å². The lowest BCUT2D eigenvalue weighted by Gasteiger charge is -2.33. The molecule has 1 atom stereocenters. The maximum absolute atomic E-state index is 11.6. The van der Waals surface area contributed by atoms with E-state index in [-0.39, 0.29) is 17.1 Å². The molecule has 0 N–H and O–H groups in total. The molecule has 0 aromatic heterocycles. The van der Waals surface area contributed by atoms with Gasteiger partial charge in [-0.3, -0.25) is 4.79 Å². The summed E-state index contributed by atoms with van der Waals surface area (Å²) in [6.45, 7) is 6.22. The quantitative estimate of drug-likeness (QED) is 0.410. The number of carbonyl (C=O) groups is 1. The van der Waals surface area contributed by atoms with Gasteiger partial charge in [-0.25, -0.2) is 0 Å². The first-order valence-electron chi connectivity index (χ1n) is 4.36. The summed E-state index contributed by atoms with van der Waals surface area (Å²) < 4.78 is 0. The number of hydrogen-bond acceptors (Lipinski definition) is 3. The summed E-state index contributed by atoms with van der Waals surface area (Å²) in [7, 11) is 0. The molecule has 3 heteroatoms. The summed E-state index contributed by atoms with van der Waals surface area (Å²) in [5.74, 6) is -0.546. The standard InChI is InChI=1S/C9H14O3/c1-6-4-8(2,3)5-7(10)9(6)11-12-9/h6H,4-5H2,1-3H3. The van der Waals surface area contributed by atoms with E-state index in [0.717, 1.165) is 6.42 Å². The monoisotopic (exact) mass is 170 g/mol. The molecule has 0 aromatic rings. The third-order valence-corrected chi connectivity index (χ3v) is 2.80. The average molecular weight is 170 g/mol. The SMILES string of the molecule is CC1CC(C)(C)CC(=O)C12OO2. The molecule has 2 rings (SSSR count). The third kappa shape index (κ3) is 1.00. The van der Waals surface area contributed by atoms with Crippen LogP contribution in [0.1, 0.15) is 33.6 Å². The minimum Gasteiger partial charge on any atom is -0.293 e. The molecule has 1 spiro atoms. The molecule has 1 aliphatic heterocycles. The molecule has 68 valence electrons. The fourth-order valence-corrected chi connectivity index (χ4v) is 2.17. The highest BCUT2D eigenvalue weighted by Gasteiger charge is 2.64. The number of ketones is 1. The molecule has 0 aromatic carbocycles. The molecule has 3 nitrogen and oxygen atoms in total. The maximum Gasteiger partial charge on any atom is 0.293 e. The van der Waals surface area contributed by atoms with Crippen molar-refractivity contribution in [2.45, 2.75) is 39.4 Å². The van der Waals surface area contributed by atoms with E-state index in [4.69, 9.17) is 9.78 Å². The van der Waals surface area contributed by atoms with E-state index in [9.17, 15) is 4.79 Å². The van der Waals surface area contributed by atoms with Crippen LogP contribution in [0.5, 0.6) is 0 Å². The molecular weight excluding hydrogens is 156 g/mol. The van der Waals surface area contributed by atoms with Crippen molar-refractivity contribution in [3.63, 3.8) is 0 Å². The highest BCUT2D eigenvalue weighted by atomic mass is 17.4. The van der Waals surface area contributed by atoms with Gasteiger partial charge in [0.25, 0.3) is 5.79 Å². The topological polar surface area (TPSA) is 42.1 Å². The third-order valence-electron chi connectivity index (χ3n) is 2.80. The normalized spacial score (nSPS) is 36.9. The van der Waals surface area contributed by atoms with Gasteiger partial charge < -0.3 is 0 Å². The van der Waals surface area contributed by atoms with Gasteiger partial charge in [0.05, 0.1) is 0 Å². The minimum atomic E-state index is -0.838. The fourth-order valence-electron chi connectivity index (χ4n) is 2.17. The molecular formula is C9H14O3. The largest absolute Gasteiger partial charge is 0.293 e. The van der Waals surface area contributed by atoms with Crippen LogP contribution >= 0.6 is 0 Å². The zero-order chi connectivity index (χ0) is 8.98. The first-order chi connectivity index (χ1) is 5.46. The Kier molecular flexibility index (Phi) is 1.43. The smallest absolute Gasteiger partial charge is 0.293 e. The Balaban J connectivity index is 2.20. The lowest BCUT2D eigenvalue weighted by molar-refractivity contribution is -0.133. The van der Waals surface area contributed by atoms with Crippen LogP contribution < -0.4 is 0 Å². The second-order valence-corrected chi connectivity index (χ2v) is 4.70. The van der Waals surface area contributed by atoms with Crippen molar-refractivity contribution in [1.82, 2.24) is 0 Å². The van der Waals surface area contributed by atoms with Gasteiger partial charge in [0, 0.05) is 12.3 Å². The van der Waals surface area contributed by atoms with E-state index in [0.29, 0.717) is 6.42 Å². The van der Waals surface area contributed by atoms with E-state index < -0.39 is 5.79 Å². The lowest BCUT2D eigenvalue weighted by atomic mass is 9.70. The van der Waals surface area contributed by atoms with Crippen LogP contribution in [-0.2, 0) is 14.6 Å². The summed E-state index contributed by atoms with van der Waals surface area (Å²) in [5.41, 5.74) is 0.108. The number of hydrogen-bond donors (Lipinski definition) is 0. The van der Waals surface area contributed by atoms with E-state index in [1.165, 1.54) is 0 Å². The van der Waals surface area contributed by atoms with E-state index in [1.807, 2.05) is 6.92 Å². The van der Waals surface area contributed by atoms with E-state index in [1.54, 1.807) is 0 Å². The molecule has 0 bridgehead atoms. The Morgan fingerprint density at radius 1 is 1.42 bits per heavy atom. The van der Waals surface area contributed by atoms with Crippen LogP contribution in [-0.4, -0.2) is 11.6 Å². The second-order valence-electron chi connectivity index (χ2n) is 4.70. The Hall–Kier alpha value is -0.410. The summed E-state index contributed by atoms with van der Waals surface area (Å²) in [4.78, 5) is 21.2. The molecule has 1 unspecified atom stereocenters. The zero-order valence-corrected chi connectivity index (χ0v) is 7.72. The predicted molar refractivity (Wildman–Crippen MR) is 42.1 cm³/mol.